The highest BCUT2D eigenvalue weighted by molar-refractivity contribution is 7.16. The molecule has 4 rings (SSSR count). The molecule has 0 unspecified atom stereocenters. The van der Waals surface area contributed by atoms with Crippen LogP contribution in [0.2, 0.25) is 0 Å². The number of nitrogens with one attached hydrogen (secondary N) is 1. The van der Waals surface area contributed by atoms with Gasteiger partial charge in [0.1, 0.15) is 11.2 Å². The monoisotopic (exact) mass is 386 g/mol. The molecule has 0 aliphatic heterocycles. The average Bonchev–Trinajstić information content (AvgIpc) is 3.11. The molecule has 3 aromatic heterocycles. The lowest BCUT2D eigenvalue weighted by Crippen LogP contribution is -2.09. The van der Waals surface area contributed by atoms with Gasteiger partial charge in [0.2, 0.25) is 0 Å². The van der Waals surface area contributed by atoms with Gasteiger partial charge in [-0.2, -0.15) is 13.2 Å². The lowest BCUT2D eigenvalue weighted by molar-refractivity contribution is -0.141. The van der Waals surface area contributed by atoms with Crippen molar-refractivity contribution in [2.45, 2.75) is 12.6 Å². The van der Waals surface area contributed by atoms with Crippen LogP contribution in [0.4, 0.5) is 22.0 Å². The Balaban J connectivity index is 2.03. The summed E-state index contributed by atoms with van der Waals surface area (Å²) in [7, 11) is 0. The summed E-state index contributed by atoms with van der Waals surface area (Å²) in [5, 5.41) is 0. The number of imidazole rings is 1. The van der Waals surface area contributed by atoms with E-state index in [2.05, 4.69) is 15.0 Å². The molecule has 0 aliphatic carbocycles. The fourth-order valence-electron chi connectivity index (χ4n) is 2.61. The third-order valence-electron chi connectivity index (χ3n) is 3.68. The minimum Gasteiger partial charge on any atom is -0.312 e. The highest BCUT2D eigenvalue weighted by Gasteiger charge is 2.33. The number of benzene rings is 1. The Kier molecular flexibility index (Phi) is 3.58. The molecular weight excluding hydrogens is 379 g/mol. The number of aromatic nitrogens is 4. The molecule has 0 aliphatic rings. The summed E-state index contributed by atoms with van der Waals surface area (Å²) in [6.07, 6.45) is -7.75. The minimum absolute atomic E-state index is 0.0874. The number of pyridine rings is 1. The molecule has 4 aromatic rings. The summed E-state index contributed by atoms with van der Waals surface area (Å²) in [4.78, 5) is 20.8. The first-order chi connectivity index (χ1) is 12.2. The van der Waals surface area contributed by atoms with Gasteiger partial charge in [-0.15, -0.1) is 0 Å². The predicted molar refractivity (Wildman–Crippen MR) is 84.8 cm³/mol. The Morgan fingerprint density at radius 1 is 1.12 bits per heavy atom. The first-order valence-corrected chi connectivity index (χ1v) is 7.93. The highest BCUT2D eigenvalue weighted by atomic mass is 32.1. The van der Waals surface area contributed by atoms with Crippen LogP contribution in [0.3, 0.4) is 0 Å². The molecule has 0 radical (unpaired) electrons. The van der Waals surface area contributed by atoms with Crippen molar-refractivity contribution in [3.63, 3.8) is 0 Å². The maximum Gasteiger partial charge on any atom is 0.433 e. The molecule has 0 bridgehead atoms. The van der Waals surface area contributed by atoms with Gasteiger partial charge in [-0.3, -0.25) is 9.36 Å². The van der Waals surface area contributed by atoms with Crippen LogP contribution in [0.15, 0.2) is 35.1 Å². The number of alkyl halides is 5. The maximum atomic E-state index is 13.4. The summed E-state index contributed by atoms with van der Waals surface area (Å²) in [6, 6.07) is 6.00. The van der Waals surface area contributed by atoms with E-state index in [1.165, 1.54) is 18.2 Å². The molecule has 26 heavy (non-hydrogen) atoms. The second-order valence-electron chi connectivity index (χ2n) is 5.34. The summed E-state index contributed by atoms with van der Waals surface area (Å²) in [5.74, 6) is -0.728. The van der Waals surface area contributed by atoms with E-state index in [4.69, 9.17) is 0 Å². The van der Waals surface area contributed by atoms with E-state index < -0.39 is 24.1 Å². The van der Waals surface area contributed by atoms with Gasteiger partial charge in [0.15, 0.2) is 11.5 Å². The Labute approximate surface area is 144 Å². The van der Waals surface area contributed by atoms with Gasteiger partial charge in [-0.25, -0.2) is 18.7 Å². The highest BCUT2D eigenvalue weighted by Crippen LogP contribution is 2.32. The second kappa shape index (κ2) is 5.59. The van der Waals surface area contributed by atoms with Crippen LogP contribution in [0.25, 0.3) is 27.1 Å². The van der Waals surface area contributed by atoms with E-state index in [-0.39, 0.29) is 21.7 Å². The quantitative estimate of drug-likeness (QED) is 0.523. The molecule has 0 saturated carbocycles. The third kappa shape index (κ3) is 2.64. The maximum absolute atomic E-state index is 13.4. The van der Waals surface area contributed by atoms with Crippen molar-refractivity contribution < 1.29 is 22.0 Å². The van der Waals surface area contributed by atoms with Crippen LogP contribution >= 0.6 is 11.3 Å². The first kappa shape index (κ1) is 16.6. The topological polar surface area (TPSA) is 63.6 Å². The van der Waals surface area contributed by atoms with E-state index in [9.17, 15) is 26.7 Å². The molecular formula is C15H7F5N4OS. The van der Waals surface area contributed by atoms with Gasteiger partial charge in [-0.05, 0) is 30.3 Å². The molecule has 11 heteroatoms. The van der Waals surface area contributed by atoms with Crippen LogP contribution in [-0.4, -0.2) is 19.5 Å². The standard InChI is InChI=1S/C15H7F5N4OS/c16-11(17)13-21-8-3-4-10(15(18,19)20)23-12(8)24(13)6-1-2-7-9(5-6)26-14(25)22-7/h1-5,11H,(H,22,25). The zero-order chi connectivity index (χ0) is 18.6. The van der Waals surface area contributed by atoms with Gasteiger partial charge in [0.05, 0.1) is 15.9 Å². The molecule has 0 atom stereocenters. The zero-order valence-corrected chi connectivity index (χ0v) is 13.3. The van der Waals surface area contributed by atoms with Gasteiger partial charge >= 0.3 is 11.0 Å². The molecule has 0 spiro atoms. The van der Waals surface area contributed by atoms with Crippen LogP contribution in [0.5, 0.6) is 0 Å². The van der Waals surface area contributed by atoms with Crippen LogP contribution in [0.1, 0.15) is 17.9 Å². The van der Waals surface area contributed by atoms with Crippen molar-refractivity contribution >= 4 is 32.7 Å². The van der Waals surface area contributed by atoms with E-state index in [1.54, 1.807) is 0 Å². The van der Waals surface area contributed by atoms with Gasteiger partial charge in [-0.1, -0.05) is 11.3 Å². The molecule has 0 saturated heterocycles. The number of hydrogen-bond donors (Lipinski definition) is 1. The number of aromatic amines is 1. The molecule has 1 aromatic carbocycles. The van der Waals surface area contributed by atoms with Crippen molar-refractivity contribution in [1.82, 2.24) is 19.5 Å². The van der Waals surface area contributed by atoms with E-state index >= 15 is 0 Å². The Morgan fingerprint density at radius 2 is 1.88 bits per heavy atom. The van der Waals surface area contributed by atoms with Crippen molar-refractivity contribution in [1.29, 1.82) is 0 Å². The van der Waals surface area contributed by atoms with Crippen LogP contribution in [-0.2, 0) is 6.18 Å². The van der Waals surface area contributed by atoms with Crippen molar-refractivity contribution in [2.75, 3.05) is 0 Å². The Bertz CT molecular complexity index is 1190. The van der Waals surface area contributed by atoms with Crippen LogP contribution < -0.4 is 4.87 Å². The summed E-state index contributed by atoms with van der Waals surface area (Å²) >= 11 is 0.858. The molecule has 0 amide bonds. The number of thiazole rings is 1. The normalized spacial score (nSPS) is 12.5. The summed E-state index contributed by atoms with van der Waals surface area (Å²) in [5.41, 5.74) is -1.000. The SMILES string of the molecule is O=c1[nH]c2ccc(-n3c(C(F)F)nc4ccc(C(F)(F)F)nc43)cc2s1. The fourth-order valence-corrected chi connectivity index (χ4v) is 3.38. The van der Waals surface area contributed by atoms with E-state index in [0.29, 0.717) is 16.3 Å². The number of hydrogen-bond acceptors (Lipinski definition) is 4. The Hall–Kier alpha value is -2.82. The minimum atomic E-state index is -4.72. The smallest absolute Gasteiger partial charge is 0.312 e. The predicted octanol–water partition coefficient (Wildman–Crippen LogP) is 4.28. The zero-order valence-electron chi connectivity index (χ0n) is 12.5. The number of fused-ring (bicyclic) bond motifs is 2. The molecule has 5 nitrogen and oxygen atoms in total. The van der Waals surface area contributed by atoms with E-state index in [0.717, 1.165) is 22.0 Å². The van der Waals surface area contributed by atoms with Gasteiger partial charge < -0.3 is 4.98 Å². The Morgan fingerprint density at radius 3 is 2.58 bits per heavy atom. The average molecular weight is 386 g/mol. The largest absolute Gasteiger partial charge is 0.433 e. The fraction of sp³-hybridized carbons (Fsp3) is 0.133. The van der Waals surface area contributed by atoms with Gasteiger partial charge in [0, 0.05) is 0 Å². The molecule has 1 N–H and O–H groups in total. The van der Waals surface area contributed by atoms with E-state index in [1.807, 2.05) is 0 Å². The lowest BCUT2D eigenvalue weighted by Gasteiger charge is -2.10. The summed E-state index contributed by atoms with van der Waals surface area (Å²) in [6.45, 7) is 0. The summed E-state index contributed by atoms with van der Waals surface area (Å²) < 4.78 is 67.0. The van der Waals surface area contributed by atoms with Gasteiger partial charge in [0.25, 0.3) is 6.43 Å². The number of halogens is 5. The number of rotatable bonds is 2. The third-order valence-corrected chi connectivity index (χ3v) is 4.52. The van der Waals surface area contributed by atoms with Crippen molar-refractivity contribution in [2.24, 2.45) is 0 Å². The molecule has 3 heterocycles. The van der Waals surface area contributed by atoms with Crippen molar-refractivity contribution in [3.05, 3.63) is 51.5 Å². The first-order valence-electron chi connectivity index (χ1n) is 7.12. The number of nitrogens with zero attached hydrogens (tertiary/aromatic N) is 3. The molecule has 0 fully saturated rings. The van der Waals surface area contributed by atoms with Crippen LogP contribution in [0, 0.1) is 0 Å². The molecule has 134 valence electrons. The lowest BCUT2D eigenvalue weighted by atomic mass is 10.3. The second-order valence-corrected chi connectivity index (χ2v) is 6.35. The van der Waals surface area contributed by atoms with Crippen molar-refractivity contribution in [3.8, 4) is 5.69 Å². The number of H-pyrrole nitrogens is 1.